The number of rotatable bonds is 35. The van der Waals surface area contributed by atoms with Gasteiger partial charge in [0.2, 0.25) is 0 Å². The molecular formula is C135H160O15. The standard InChI is InChI=1S/C29H36O3.C28H34O3.C27H32O3.C26H30O3.C25H28O3/c1-3-5-6-22-31-27-18-12-24(13-19-27)8-9-25-14-20-28(21-15-25)32-29(30)26-16-10-23(7-4-2)11-17-26;1-3-5-21-30-26-17-11-23(12-18-26)7-8-24-13-19-27(20-14-24)31-28(29)25-15-9-22(6-4-2)10-16-25;1-3-5-21-8-14-24(15-9-21)27(28)30-26-18-12-23(13-19-26)7-6-22-10-16-25(17-11-22)29-20-4-2;1-3-5-20-8-14-23(15-9-20)26(27)29-25-18-12-22(13-19-25)7-6-21-10-16-24(17-11-21)28-4-2;1-3-4-19-7-13-22(14-8-19)25(26)28-24-17-11-21(12-18-24)6-5-20-9-15-23(27-2)16-10-20/h12-15,18-21,23,26H,3-7,10-11,16-17,22H2,1-2H3;11-14,17-20,22,25H,3-6,9-10,15-16,21H2,1-2H3;10-13,16-19,21,24H,3-5,8-9,14-15,20H2,1-2H3;10-13,16-20,23H,3-5,8-9,14-15H2,1-2H3;9-12,15-19,22H,3-4,7-8,13-14H2,1-2H3/t23-,26-;22-,25-;21-,24-;20-,23-;19-,22-. The zero-order valence-corrected chi connectivity index (χ0v) is 90.8. The van der Waals surface area contributed by atoms with Gasteiger partial charge in [-0.25, -0.2) is 0 Å². The smallest absolute Gasteiger partial charge is 0.314 e. The van der Waals surface area contributed by atoms with Crippen LogP contribution in [0.4, 0.5) is 0 Å². The quantitative estimate of drug-likeness (QED) is 0.0158. The highest BCUT2D eigenvalue weighted by Crippen LogP contribution is 2.39. The fraction of sp³-hybridized carbons (Fsp3) is 0.444. The third-order valence-corrected chi connectivity index (χ3v) is 28.6. The number of hydrogen-bond acceptors (Lipinski definition) is 15. The molecule has 0 aliphatic heterocycles. The van der Waals surface area contributed by atoms with Crippen LogP contribution in [0.15, 0.2) is 243 Å². The largest absolute Gasteiger partial charge is 0.497 e. The van der Waals surface area contributed by atoms with E-state index < -0.39 is 0 Å². The Morgan fingerprint density at radius 3 is 0.540 bits per heavy atom. The van der Waals surface area contributed by atoms with Crippen molar-refractivity contribution in [1.82, 2.24) is 0 Å². The molecule has 15 nitrogen and oxygen atoms in total. The molecule has 790 valence electrons. The van der Waals surface area contributed by atoms with E-state index in [4.69, 9.17) is 47.4 Å². The van der Waals surface area contributed by atoms with Gasteiger partial charge in [0.25, 0.3) is 0 Å². The van der Waals surface area contributed by atoms with Crippen molar-refractivity contribution >= 4 is 29.8 Å². The van der Waals surface area contributed by atoms with E-state index in [9.17, 15) is 24.0 Å². The number of carbonyl (C=O) groups excluding carboxylic acids is 5. The summed E-state index contributed by atoms with van der Waals surface area (Å²) in [6.45, 7) is 22.4. The summed E-state index contributed by atoms with van der Waals surface area (Å²) in [5.74, 6) is 42.5. The number of carbonyl (C=O) groups is 5. The first-order valence-corrected chi connectivity index (χ1v) is 56.1. The molecular weight excluding hydrogens is 1860 g/mol. The first-order valence-electron chi connectivity index (χ1n) is 56.1. The van der Waals surface area contributed by atoms with Gasteiger partial charge in [0.1, 0.15) is 57.5 Å². The number of unbranched alkanes of at least 4 members (excludes halogenated alkanes) is 3. The minimum Gasteiger partial charge on any atom is -0.497 e. The topological polar surface area (TPSA) is 178 Å². The van der Waals surface area contributed by atoms with Gasteiger partial charge in [-0.05, 0) is 427 Å². The van der Waals surface area contributed by atoms with Crippen LogP contribution >= 0.6 is 0 Å². The van der Waals surface area contributed by atoms with Crippen LogP contribution in [0.1, 0.15) is 349 Å². The highest BCUT2D eigenvalue weighted by molar-refractivity contribution is 5.78. The van der Waals surface area contributed by atoms with Crippen LogP contribution in [0.25, 0.3) is 0 Å². The highest BCUT2D eigenvalue weighted by atomic mass is 16.6. The molecule has 0 N–H and O–H groups in total. The minimum absolute atomic E-state index is 0.0428. The maximum atomic E-state index is 12.5. The van der Waals surface area contributed by atoms with E-state index in [0.29, 0.717) is 35.4 Å². The molecule has 5 aliphatic carbocycles. The van der Waals surface area contributed by atoms with Gasteiger partial charge in [-0.2, -0.15) is 0 Å². The Hall–Kier alpha value is -13.7. The molecule has 0 aromatic heterocycles. The molecule has 0 saturated heterocycles. The van der Waals surface area contributed by atoms with Crippen molar-refractivity contribution in [2.75, 3.05) is 33.5 Å². The Morgan fingerprint density at radius 1 is 0.193 bits per heavy atom. The third kappa shape index (κ3) is 42.8. The summed E-state index contributed by atoms with van der Waals surface area (Å²) < 4.78 is 55.6. The van der Waals surface area contributed by atoms with E-state index in [1.807, 2.05) is 250 Å². The Morgan fingerprint density at radius 2 is 0.367 bits per heavy atom. The molecule has 150 heavy (non-hydrogen) atoms. The second-order valence-corrected chi connectivity index (χ2v) is 40.4. The Labute approximate surface area is 896 Å². The molecule has 5 aliphatic rings. The molecule has 0 bridgehead atoms. The molecule has 0 spiro atoms. The van der Waals surface area contributed by atoms with Crippen LogP contribution in [-0.4, -0.2) is 63.4 Å². The number of ether oxygens (including phenoxy) is 10. The van der Waals surface area contributed by atoms with Crippen molar-refractivity contribution in [1.29, 1.82) is 0 Å². The van der Waals surface area contributed by atoms with Gasteiger partial charge in [0, 0.05) is 55.6 Å². The number of hydrogen-bond donors (Lipinski definition) is 0. The summed E-state index contributed by atoms with van der Waals surface area (Å²) in [5.41, 5.74) is 9.13. The Kier molecular flexibility index (Phi) is 51.9. The normalized spacial score (nSPS) is 18.2. The summed E-state index contributed by atoms with van der Waals surface area (Å²) in [7, 11) is 1.65. The maximum absolute atomic E-state index is 12.5. The van der Waals surface area contributed by atoms with Gasteiger partial charge in [-0.1, -0.05) is 198 Å². The van der Waals surface area contributed by atoms with Crippen LogP contribution in [0, 0.1) is 118 Å². The number of esters is 5. The molecule has 0 radical (unpaired) electrons. The average Bonchev–Trinajstić information content (AvgIpc) is 0.868. The van der Waals surface area contributed by atoms with Crippen LogP contribution in [0.3, 0.4) is 0 Å². The molecule has 0 amide bonds. The van der Waals surface area contributed by atoms with Gasteiger partial charge in [-0.3, -0.25) is 24.0 Å². The lowest BCUT2D eigenvalue weighted by Crippen LogP contribution is -2.25. The fourth-order valence-corrected chi connectivity index (χ4v) is 19.7. The molecule has 5 saturated carbocycles. The molecule has 0 unspecified atom stereocenters. The molecule has 0 heterocycles. The lowest BCUT2D eigenvalue weighted by molar-refractivity contribution is -0.141. The van der Waals surface area contributed by atoms with Crippen LogP contribution in [0.2, 0.25) is 0 Å². The maximum Gasteiger partial charge on any atom is 0.314 e. The van der Waals surface area contributed by atoms with Crippen molar-refractivity contribution in [3.63, 3.8) is 0 Å². The van der Waals surface area contributed by atoms with Crippen molar-refractivity contribution < 1.29 is 71.3 Å². The van der Waals surface area contributed by atoms with Crippen molar-refractivity contribution in [2.45, 2.75) is 293 Å². The van der Waals surface area contributed by atoms with E-state index in [0.717, 1.165) is 288 Å². The molecule has 15 rings (SSSR count). The van der Waals surface area contributed by atoms with Gasteiger partial charge >= 0.3 is 29.8 Å². The summed E-state index contributed by atoms with van der Waals surface area (Å²) in [5, 5.41) is 0. The summed E-state index contributed by atoms with van der Waals surface area (Å²) >= 11 is 0. The first-order chi connectivity index (χ1) is 73.4. The summed E-state index contributed by atoms with van der Waals surface area (Å²) in [6.07, 6.45) is 40.2. The van der Waals surface area contributed by atoms with E-state index in [-0.39, 0.29) is 59.4 Å². The van der Waals surface area contributed by atoms with E-state index >= 15 is 0 Å². The first kappa shape index (κ1) is 117. The molecule has 0 atom stereocenters. The second kappa shape index (κ2) is 66.7. The Bertz CT molecular complexity index is 5970. The van der Waals surface area contributed by atoms with Crippen molar-refractivity contribution in [3.8, 4) is 117 Å². The average molecular weight is 2020 g/mol. The highest BCUT2D eigenvalue weighted by Gasteiger charge is 2.33. The second-order valence-electron chi connectivity index (χ2n) is 40.4. The predicted molar refractivity (Wildman–Crippen MR) is 603 cm³/mol. The van der Waals surface area contributed by atoms with Gasteiger partial charge < -0.3 is 47.4 Å². The minimum atomic E-state index is -0.0907. The zero-order valence-electron chi connectivity index (χ0n) is 90.8. The lowest BCUT2D eigenvalue weighted by Gasteiger charge is -2.26. The van der Waals surface area contributed by atoms with E-state index in [1.54, 1.807) is 7.11 Å². The summed E-state index contributed by atoms with van der Waals surface area (Å²) in [4.78, 5) is 62.3. The van der Waals surface area contributed by atoms with Crippen LogP contribution in [0.5, 0.6) is 57.5 Å². The van der Waals surface area contributed by atoms with E-state index in [2.05, 4.69) is 115 Å². The monoisotopic (exact) mass is 2020 g/mol. The van der Waals surface area contributed by atoms with E-state index in [1.165, 1.54) is 77.0 Å². The van der Waals surface area contributed by atoms with Gasteiger partial charge in [-0.15, -0.1) is 0 Å². The Balaban J connectivity index is 0.000000178. The fourth-order valence-electron chi connectivity index (χ4n) is 19.7. The van der Waals surface area contributed by atoms with Crippen molar-refractivity contribution in [3.05, 3.63) is 298 Å². The van der Waals surface area contributed by atoms with Crippen molar-refractivity contribution in [2.24, 2.45) is 59.2 Å². The van der Waals surface area contributed by atoms with Gasteiger partial charge in [0.15, 0.2) is 0 Å². The number of benzene rings is 10. The van der Waals surface area contributed by atoms with Crippen LogP contribution in [-0.2, 0) is 24.0 Å². The SMILES string of the molecule is CCCCCOc1ccc(C#Cc2ccc(OC(=O)[C@H]3CC[C@H](CCC)CC3)cc2)cc1.CCCCOc1ccc(C#Cc2ccc(OC(=O)[C@H]3CC[C@H](CCC)CC3)cc2)cc1.CCCOc1ccc(C#Cc2ccc(OC(=O)[C@H]3CC[C@H](CCC)CC3)cc2)cc1.CCC[C@H]1CC[C@H](C(=O)Oc2ccc(C#Cc3ccc(OC)cc3)cc2)CC1.CCC[C@H]1CC[C@H](C(=O)Oc2ccc(C#Cc3ccc(OCC)cc3)cc2)CC1. The predicted octanol–water partition coefficient (Wildman–Crippen LogP) is 31.9. The molecule has 10 aromatic rings. The lowest BCUT2D eigenvalue weighted by atomic mass is 9.80. The van der Waals surface area contributed by atoms with Crippen LogP contribution < -0.4 is 47.4 Å². The summed E-state index contributed by atoms with van der Waals surface area (Å²) in [6, 6.07) is 76.1. The molecule has 5 fully saturated rings. The number of methoxy groups -OCH3 is 1. The molecule has 15 heteroatoms. The van der Waals surface area contributed by atoms with Gasteiger partial charge in [0.05, 0.1) is 63.1 Å². The molecule has 10 aromatic carbocycles. The zero-order chi connectivity index (χ0) is 106. The third-order valence-electron chi connectivity index (χ3n) is 28.6.